The number of hydrogen-bond donors (Lipinski definition) is 0. The summed E-state index contributed by atoms with van der Waals surface area (Å²) in [5, 5.41) is 1.28. The van der Waals surface area contributed by atoms with Crippen LogP contribution < -0.4 is 0 Å². The Morgan fingerprint density at radius 1 is 1.11 bits per heavy atom. The first-order valence-corrected chi connectivity index (χ1v) is 8.46. The van der Waals surface area contributed by atoms with E-state index in [9.17, 15) is 0 Å². The van der Waals surface area contributed by atoms with Crippen LogP contribution in [0.5, 0.6) is 0 Å². The van der Waals surface area contributed by atoms with Crippen LogP contribution in [0.1, 0.15) is 51.3 Å². The van der Waals surface area contributed by atoms with Crippen LogP contribution in [0, 0.1) is 6.92 Å². The standard InChI is InChI=1S/C11H16.C4H9P.C2H6/c1-4-10-7-6-9(3)8-11(10)5-2;1-4(2)5-3;1-2/h6-8H,4-5H2,1-3H3;5H,1H2,2-3H3;1-2H3. The normalized spacial score (nSPS) is 9.28. The Labute approximate surface area is 117 Å². The zero-order chi connectivity index (χ0) is 14.6. The molecule has 0 aliphatic carbocycles. The van der Waals surface area contributed by atoms with Gasteiger partial charge in [-0.1, -0.05) is 71.9 Å². The second kappa shape index (κ2) is 12.8. The maximum atomic E-state index is 3.69. The summed E-state index contributed by atoms with van der Waals surface area (Å²) < 4.78 is 0. The third-order valence-corrected chi connectivity index (χ3v) is 3.40. The van der Waals surface area contributed by atoms with Gasteiger partial charge >= 0.3 is 0 Å². The number of hydrogen-bond acceptors (Lipinski definition) is 0. The molecule has 0 fully saturated rings. The Balaban J connectivity index is 0. The number of benzene rings is 1. The Hall–Kier alpha value is -0.610. The molecule has 1 aromatic rings. The molecule has 0 bridgehead atoms. The van der Waals surface area contributed by atoms with Crippen molar-refractivity contribution in [1.29, 1.82) is 0 Å². The number of allylic oxidation sites excluding steroid dienone is 1. The van der Waals surface area contributed by atoms with Gasteiger partial charge in [0.1, 0.15) is 0 Å². The first kappa shape index (κ1) is 19.7. The zero-order valence-electron chi connectivity index (χ0n) is 13.4. The molecule has 0 N–H and O–H groups in total. The molecule has 1 aromatic carbocycles. The summed E-state index contributed by atoms with van der Waals surface area (Å²) in [6, 6.07) is 6.73. The van der Waals surface area contributed by atoms with Crippen LogP contribution in [0.2, 0.25) is 0 Å². The average Bonchev–Trinajstić information content (AvgIpc) is 2.41. The van der Waals surface area contributed by atoms with Gasteiger partial charge in [0.25, 0.3) is 0 Å². The molecule has 0 amide bonds. The summed E-state index contributed by atoms with van der Waals surface area (Å²) in [7, 11) is 0.920. The second-order valence-corrected chi connectivity index (χ2v) is 5.36. The van der Waals surface area contributed by atoms with Gasteiger partial charge in [0.2, 0.25) is 0 Å². The predicted octanol–water partition coefficient (Wildman–Crippen LogP) is 5.97. The van der Waals surface area contributed by atoms with Gasteiger partial charge in [-0.05, 0) is 44.5 Å². The van der Waals surface area contributed by atoms with E-state index in [1.165, 1.54) is 22.0 Å². The van der Waals surface area contributed by atoms with Crippen molar-refractivity contribution in [3.8, 4) is 0 Å². The highest BCUT2D eigenvalue weighted by atomic mass is 31.1. The maximum Gasteiger partial charge on any atom is -0.0305 e. The largest absolute Gasteiger partial charge is 0.0990 e. The van der Waals surface area contributed by atoms with E-state index in [0.29, 0.717) is 0 Å². The molecule has 1 rings (SSSR count). The quantitative estimate of drug-likeness (QED) is 0.591. The molecule has 104 valence electrons. The lowest BCUT2D eigenvalue weighted by Crippen LogP contribution is -1.90. The molecule has 0 radical (unpaired) electrons. The summed E-state index contributed by atoms with van der Waals surface area (Å²) in [6.07, 6.45) is 2.31. The molecule has 0 saturated heterocycles. The van der Waals surface area contributed by atoms with Gasteiger partial charge in [-0.25, -0.2) is 0 Å². The minimum Gasteiger partial charge on any atom is -0.0990 e. The van der Waals surface area contributed by atoms with Crippen molar-refractivity contribution in [2.75, 3.05) is 6.66 Å². The van der Waals surface area contributed by atoms with Gasteiger partial charge in [0, 0.05) is 0 Å². The highest BCUT2D eigenvalue weighted by molar-refractivity contribution is 7.41. The summed E-state index contributed by atoms with van der Waals surface area (Å²) in [6.45, 7) is 18.4. The van der Waals surface area contributed by atoms with E-state index in [-0.39, 0.29) is 0 Å². The highest BCUT2D eigenvalue weighted by Crippen LogP contribution is 2.13. The van der Waals surface area contributed by atoms with Crippen LogP contribution in [0.4, 0.5) is 0 Å². The summed E-state index contributed by atoms with van der Waals surface area (Å²) in [4.78, 5) is 0. The molecule has 0 nitrogen and oxygen atoms in total. The molecule has 0 aliphatic heterocycles. The lowest BCUT2D eigenvalue weighted by Gasteiger charge is -2.05. The Morgan fingerprint density at radius 2 is 1.56 bits per heavy atom. The van der Waals surface area contributed by atoms with Gasteiger partial charge in [-0.3, -0.25) is 0 Å². The van der Waals surface area contributed by atoms with Gasteiger partial charge < -0.3 is 0 Å². The van der Waals surface area contributed by atoms with E-state index >= 15 is 0 Å². The molecule has 0 aromatic heterocycles. The van der Waals surface area contributed by atoms with Gasteiger partial charge in [-0.15, -0.1) is 0 Å². The van der Waals surface area contributed by atoms with E-state index in [1.54, 1.807) is 0 Å². The van der Waals surface area contributed by atoms with Crippen molar-refractivity contribution in [2.24, 2.45) is 0 Å². The van der Waals surface area contributed by atoms with Crippen molar-refractivity contribution < 1.29 is 0 Å². The fraction of sp³-hybridized carbons (Fsp3) is 0.529. The van der Waals surface area contributed by atoms with E-state index in [4.69, 9.17) is 0 Å². The highest BCUT2D eigenvalue weighted by Gasteiger charge is 1.96. The predicted molar refractivity (Wildman–Crippen MR) is 90.3 cm³/mol. The van der Waals surface area contributed by atoms with Crippen LogP contribution >= 0.6 is 8.58 Å². The van der Waals surface area contributed by atoms with Crippen LogP contribution in [-0.4, -0.2) is 6.66 Å². The molecule has 0 saturated carbocycles. The number of aryl methyl sites for hydroxylation is 3. The Kier molecular flexibility index (Phi) is 14.1. The second-order valence-electron chi connectivity index (χ2n) is 4.01. The average molecular weight is 266 g/mol. The summed E-state index contributed by atoms with van der Waals surface area (Å²) in [5.41, 5.74) is 4.38. The van der Waals surface area contributed by atoms with E-state index in [1.807, 2.05) is 20.8 Å². The SMILES string of the molecule is C=C(C)PC.CC.CCc1ccc(C)cc1CC. The molecular formula is C17H31P. The molecule has 18 heavy (non-hydrogen) atoms. The molecule has 1 atom stereocenters. The van der Waals surface area contributed by atoms with Crippen molar-refractivity contribution >= 4 is 8.58 Å². The van der Waals surface area contributed by atoms with Crippen LogP contribution in [0.3, 0.4) is 0 Å². The molecule has 0 spiro atoms. The van der Waals surface area contributed by atoms with Gasteiger partial charge in [0.05, 0.1) is 0 Å². The van der Waals surface area contributed by atoms with E-state index in [2.05, 4.69) is 52.2 Å². The van der Waals surface area contributed by atoms with Gasteiger partial charge in [-0.2, -0.15) is 0 Å². The van der Waals surface area contributed by atoms with Crippen LogP contribution in [0.25, 0.3) is 0 Å². The molecule has 1 unspecified atom stereocenters. The fourth-order valence-corrected chi connectivity index (χ4v) is 1.43. The molecule has 0 aliphatic rings. The lowest BCUT2D eigenvalue weighted by molar-refractivity contribution is 1.03. The number of rotatable bonds is 3. The first-order chi connectivity index (χ1) is 8.54. The lowest BCUT2D eigenvalue weighted by atomic mass is 10.0. The Morgan fingerprint density at radius 3 is 1.89 bits per heavy atom. The van der Waals surface area contributed by atoms with Crippen molar-refractivity contribution in [1.82, 2.24) is 0 Å². The van der Waals surface area contributed by atoms with E-state index < -0.39 is 0 Å². The minimum atomic E-state index is 0.920. The molecule has 1 heteroatoms. The van der Waals surface area contributed by atoms with Crippen molar-refractivity contribution in [3.05, 3.63) is 46.8 Å². The minimum absolute atomic E-state index is 0.920. The monoisotopic (exact) mass is 266 g/mol. The fourth-order valence-electron chi connectivity index (χ4n) is 1.43. The van der Waals surface area contributed by atoms with Crippen LogP contribution in [-0.2, 0) is 12.8 Å². The third-order valence-electron chi connectivity index (χ3n) is 2.55. The smallest absolute Gasteiger partial charge is 0.0305 e. The first-order valence-electron chi connectivity index (χ1n) is 6.96. The molecule has 0 heterocycles. The van der Waals surface area contributed by atoms with Crippen molar-refractivity contribution in [3.63, 3.8) is 0 Å². The molecular weight excluding hydrogens is 235 g/mol. The van der Waals surface area contributed by atoms with Gasteiger partial charge in [0.15, 0.2) is 0 Å². The van der Waals surface area contributed by atoms with Crippen LogP contribution in [0.15, 0.2) is 30.1 Å². The topological polar surface area (TPSA) is 0 Å². The maximum absolute atomic E-state index is 3.69. The van der Waals surface area contributed by atoms with Crippen molar-refractivity contribution in [2.45, 2.75) is 54.4 Å². The summed E-state index contributed by atoms with van der Waals surface area (Å²) in [5.74, 6) is 0. The summed E-state index contributed by atoms with van der Waals surface area (Å²) >= 11 is 0. The Bertz CT molecular complexity index is 326. The third kappa shape index (κ3) is 9.42. The van der Waals surface area contributed by atoms with E-state index in [0.717, 1.165) is 21.4 Å². The zero-order valence-corrected chi connectivity index (χ0v) is 14.4.